The van der Waals surface area contributed by atoms with Gasteiger partial charge in [-0.2, -0.15) is 5.10 Å². The molecule has 3 rings (SSSR count). The summed E-state index contributed by atoms with van der Waals surface area (Å²) in [4.78, 5) is 15.3. The van der Waals surface area contributed by atoms with Gasteiger partial charge >= 0.3 is 5.97 Å². The highest BCUT2D eigenvalue weighted by Gasteiger charge is 2.14. The monoisotopic (exact) mass is 287 g/mol. The third-order valence-electron chi connectivity index (χ3n) is 3.00. The molecule has 0 atom stereocenters. The van der Waals surface area contributed by atoms with Gasteiger partial charge in [-0.3, -0.25) is 0 Å². The highest BCUT2D eigenvalue weighted by molar-refractivity contribution is 6.30. The van der Waals surface area contributed by atoms with Crippen molar-refractivity contribution in [2.75, 3.05) is 0 Å². The van der Waals surface area contributed by atoms with Crippen LogP contribution in [-0.2, 0) is 0 Å². The molecule has 0 bridgehead atoms. The average Bonchev–Trinajstić information content (AvgIpc) is 2.83. The number of aryl methyl sites for hydroxylation is 1. The summed E-state index contributed by atoms with van der Waals surface area (Å²) in [6, 6.07) is 8.77. The topological polar surface area (TPSA) is 67.5 Å². The normalized spacial score (nSPS) is 10.9. The second-order valence-electron chi connectivity index (χ2n) is 4.39. The highest BCUT2D eigenvalue weighted by Crippen LogP contribution is 2.26. The molecule has 0 saturated heterocycles. The first kappa shape index (κ1) is 12.6. The van der Waals surface area contributed by atoms with Crippen LogP contribution in [0.3, 0.4) is 0 Å². The first-order chi connectivity index (χ1) is 9.56. The first-order valence-electron chi connectivity index (χ1n) is 5.91. The lowest BCUT2D eigenvalue weighted by Gasteiger charge is -2.03. The fourth-order valence-corrected chi connectivity index (χ4v) is 2.27. The van der Waals surface area contributed by atoms with E-state index in [1.807, 2.05) is 12.1 Å². The van der Waals surface area contributed by atoms with Crippen molar-refractivity contribution < 1.29 is 9.90 Å². The number of nitrogens with zero attached hydrogens (tertiary/aromatic N) is 3. The minimum atomic E-state index is -1.06. The van der Waals surface area contributed by atoms with Gasteiger partial charge in [0.05, 0.1) is 6.20 Å². The van der Waals surface area contributed by atoms with Crippen molar-refractivity contribution in [3.8, 4) is 11.1 Å². The molecule has 100 valence electrons. The van der Waals surface area contributed by atoms with Crippen LogP contribution in [0.5, 0.6) is 0 Å². The number of aromatic nitrogens is 3. The molecule has 5 nitrogen and oxygen atoms in total. The number of carbonyl (C=O) groups is 1. The summed E-state index contributed by atoms with van der Waals surface area (Å²) in [5.41, 5.74) is 2.81. The Balaban J connectivity index is 2.29. The summed E-state index contributed by atoms with van der Waals surface area (Å²) in [7, 11) is 0. The number of rotatable bonds is 2. The second kappa shape index (κ2) is 4.61. The summed E-state index contributed by atoms with van der Waals surface area (Å²) in [5, 5.41) is 13.9. The zero-order valence-electron chi connectivity index (χ0n) is 10.5. The van der Waals surface area contributed by atoms with Crippen LogP contribution in [-0.4, -0.2) is 25.7 Å². The number of hydrogen-bond donors (Lipinski definition) is 1. The lowest BCUT2D eigenvalue weighted by molar-refractivity contribution is 0.0690. The minimum Gasteiger partial charge on any atom is -0.477 e. The summed E-state index contributed by atoms with van der Waals surface area (Å²) >= 11 is 5.98. The quantitative estimate of drug-likeness (QED) is 0.786. The maximum Gasteiger partial charge on any atom is 0.354 e. The van der Waals surface area contributed by atoms with Gasteiger partial charge < -0.3 is 5.11 Å². The molecule has 0 unspecified atom stereocenters. The molecular weight excluding hydrogens is 278 g/mol. The molecule has 2 aromatic heterocycles. The minimum absolute atomic E-state index is 0.00113. The van der Waals surface area contributed by atoms with Crippen molar-refractivity contribution in [1.29, 1.82) is 0 Å². The van der Waals surface area contributed by atoms with Crippen LogP contribution in [0.25, 0.3) is 16.8 Å². The third-order valence-corrected chi connectivity index (χ3v) is 3.24. The first-order valence-corrected chi connectivity index (χ1v) is 6.28. The van der Waals surface area contributed by atoms with Crippen molar-refractivity contribution in [2.24, 2.45) is 0 Å². The third kappa shape index (κ3) is 2.02. The van der Waals surface area contributed by atoms with Crippen molar-refractivity contribution in [2.45, 2.75) is 6.92 Å². The fraction of sp³-hybridized carbons (Fsp3) is 0.0714. The van der Waals surface area contributed by atoms with Crippen LogP contribution in [0.1, 0.15) is 16.2 Å². The molecule has 20 heavy (non-hydrogen) atoms. The number of carboxylic acids is 1. The van der Waals surface area contributed by atoms with E-state index in [2.05, 4.69) is 10.1 Å². The zero-order valence-corrected chi connectivity index (χ0v) is 11.3. The fourth-order valence-electron chi connectivity index (χ4n) is 2.08. The van der Waals surface area contributed by atoms with Crippen LogP contribution in [0.4, 0.5) is 0 Å². The number of halogens is 1. The van der Waals surface area contributed by atoms with E-state index in [1.54, 1.807) is 29.8 Å². The number of hydrogen-bond acceptors (Lipinski definition) is 3. The lowest BCUT2D eigenvalue weighted by atomic mass is 10.1. The Morgan fingerprint density at radius 1 is 1.35 bits per heavy atom. The number of carboxylic acid groups (broad SMARTS) is 1. The molecule has 0 spiro atoms. The molecule has 0 aliphatic rings. The van der Waals surface area contributed by atoms with Crippen LogP contribution in [0.2, 0.25) is 5.02 Å². The van der Waals surface area contributed by atoms with E-state index in [0.29, 0.717) is 16.4 Å². The van der Waals surface area contributed by atoms with E-state index in [-0.39, 0.29) is 5.69 Å². The summed E-state index contributed by atoms with van der Waals surface area (Å²) in [6.07, 6.45) is 1.66. The molecule has 0 fully saturated rings. The second-order valence-corrected chi connectivity index (χ2v) is 4.83. The zero-order chi connectivity index (χ0) is 14.3. The SMILES string of the molecule is Cc1cc(C(=O)O)nc2c(-c3cccc(Cl)c3)cnn12. The van der Waals surface area contributed by atoms with Crippen molar-refractivity contribution >= 4 is 23.2 Å². The Labute approximate surface area is 119 Å². The molecule has 0 radical (unpaired) electrons. The van der Waals surface area contributed by atoms with E-state index in [0.717, 1.165) is 11.1 Å². The van der Waals surface area contributed by atoms with Crippen LogP contribution in [0, 0.1) is 6.92 Å². The van der Waals surface area contributed by atoms with E-state index < -0.39 is 5.97 Å². The molecule has 0 aliphatic carbocycles. The molecule has 1 aromatic carbocycles. The Kier molecular flexibility index (Phi) is 2.91. The lowest BCUT2D eigenvalue weighted by Crippen LogP contribution is -2.05. The van der Waals surface area contributed by atoms with E-state index in [1.165, 1.54) is 6.07 Å². The van der Waals surface area contributed by atoms with Crippen molar-refractivity contribution in [1.82, 2.24) is 14.6 Å². The standard InChI is InChI=1S/C14H10ClN3O2/c1-8-5-12(14(19)20)17-13-11(7-16-18(8)13)9-3-2-4-10(15)6-9/h2-7H,1H3,(H,19,20). The Morgan fingerprint density at radius 2 is 2.15 bits per heavy atom. The molecule has 2 heterocycles. The Bertz CT molecular complexity index is 826. The van der Waals surface area contributed by atoms with Gasteiger partial charge in [-0.05, 0) is 30.7 Å². The number of fused-ring (bicyclic) bond motifs is 1. The number of benzene rings is 1. The van der Waals surface area contributed by atoms with Gasteiger partial charge in [0.2, 0.25) is 0 Å². The maximum atomic E-state index is 11.1. The van der Waals surface area contributed by atoms with E-state index in [9.17, 15) is 4.79 Å². The molecule has 1 N–H and O–H groups in total. The largest absolute Gasteiger partial charge is 0.477 e. The molecule has 3 aromatic rings. The smallest absolute Gasteiger partial charge is 0.354 e. The Morgan fingerprint density at radius 3 is 2.85 bits per heavy atom. The average molecular weight is 288 g/mol. The summed E-state index contributed by atoms with van der Waals surface area (Å²) in [6.45, 7) is 1.79. The van der Waals surface area contributed by atoms with E-state index >= 15 is 0 Å². The molecule has 0 saturated carbocycles. The van der Waals surface area contributed by atoms with Crippen molar-refractivity contribution in [3.63, 3.8) is 0 Å². The van der Waals surface area contributed by atoms with Gasteiger partial charge in [0, 0.05) is 16.3 Å². The molecule has 6 heteroatoms. The van der Waals surface area contributed by atoms with Crippen LogP contribution < -0.4 is 0 Å². The highest BCUT2D eigenvalue weighted by atomic mass is 35.5. The van der Waals surface area contributed by atoms with Gasteiger partial charge in [-0.25, -0.2) is 14.3 Å². The number of aromatic carboxylic acids is 1. The van der Waals surface area contributed by atoms with Gasteiger partial charge in [0.25, 0.3) is 0 Å². The summed E-state index contributed by atoms with van der Waals surface area (Å²) in [5.74, 6) is -1.06. The maximum absolute atomic E-state index is 11.1. The predicted octanol–water partition coefficient (Wildman–Crippen LogP) is 3.06. The van der Waals surface area contributed by atoms with E-state index in [4.69, 9.17) is 16.7 Å². The molecule has 0 aliphatic heterocycles. The van der Waals surface area contributed by atoms with Crippen LogP contribution in [0.15, 0.2) is 36.5 Å². The van der Waals surface area contributed by atoms with Gasteiger partial charge in [-0.1, -0.05) is 23.7 Å². The van der Waals surface area contributed by atoms with Gasteiger partial charge in [-0.15, -0.1) is 0 Å². The van der Waals surface area contributed by atoms with Crippen molar-refractivity contribution in [3.05, 3.63) is 52.9 Å². The molecular formula is C14H10ClN3O2. The Hall–Kier alpha value is -2.40. The van der Waals surface area contributed by atoms with Gasteiger partial charge in [0.15, 0.2) is 11.3 Å². The summed E-state index contributed by atoms with van der Waals surface area (Å²) < 4.78 is 1.61. The van der Waals surface area contributed by atoms with Gasteiger partial charge in [0.1, 0.15) is 0 Å². The predicted molar refractivity (Wildman–Crippen MR) is 75.1 cm³/mol. The molecule has 0 amide bonds. The van der Waals surface area contributed by atoms with Crippen LogP contribution >= 0.6 is 11.6 Å².